The molecule has 0 radical (unpaired) electrons. The molecule has 1 rings (SSSR count). The Morgan fingerprint density at radius 2 is 2.25 bits per heavy atom. The van der Waals surface area contributed by atoms with Gasteiger partial charge in [-0.1, -0.05) is 13.0 Å². The van der Waals surface area contributed by atoms with E-state index < -0.39 is 0 Å². The monoisotopic (exact) mass is 222 g/mol. The van der Waals surface area contributed by atoms with Crippen LogP contribution in [0.15, 0.2) is 24.5 Å². The molecule has 0 amide bonds. The van der Waals surface area contributed by atoms with Gasteiger partial charge >= 0.3 is 0 Å². The molecule has 0 bridgehead atoms. The van der Waals surface area contributed by atoms with Crippen LogP contribution in [-0.2, 0) is 4.74 Å². The molecule has 0 aliphatic rings. The molecule has 1 N–H and O–H groups in total. The van der Waals surface area contributed by atoms with Gasteiger partial charge in [-0.25, -0.2) is 0 Å². The number of hydrogen-bond acceptors (Lipinski definition) is 3. The van der Waals surface area contributed by atoms with Crippen LogP contribution in [0.3, 0.4) is 0 Å². The number of nitrogens with zero attached hydrogens (tertiary/aromatic N) is 1. The minimum atomic E-state index is -0.188. The SMILES string of the molecule is CCOC(C)(CC)C(NC)c1cccnc1. The summed E-state index contributed by atoms with van der Waals surface area (Å²) in [4.78, 5) is 4.17. The van der Waals surface area contributed by atoms with E-state index in [9.17, 15) is 0 Å². The smallest absolute Gasteiger partial charge is 0.0846 e. The number of likely N-dealkylation sites (N-methyl/N-ethyl adjacent to an activating group) is 1. The summed E-state index contributed by atoms with van der Waals surface area (Å²) in [6.45, 7) is 7.05. The third-order valence-electron chi connectivity index (χ3n) is 3.09. The number of rotatable bonds is 6. The zero-order valence-corrected chi connectivity index (χ0v) is 10.7. The average Bonchev–Trinajstić information content (AvgIpc) is 2.31. The van der Waals surface area contributed by atoms with Crippen LogP contribution in [0, 0.1) is 0 Å². The highest BCUT2D eigenvalue weighted by atomic mass is 16.5. The highest BCUT2D eigenvalue weighted by molar-refractivity contribution is 5.17. The van der Waals surface area contributed by atoms with Gasteiger partial charge in [0.05, 0.1) is 11.6 Å². The third kappa shape index (κ3) is 2.80. The van der Waals surface area contributed by atoms with Gasteiger partial charge < -0.3 is 10.1 Å². The van der Waals surface area contributed by atoms with E-state index in [-0.39, 0.29) is 11.6 Å². The molecule has 0 spiro atoms. The molecular weight excluding hydrogens is 200 g/mol. The van der Waals surface area contributed by atoms with Crippen LogP contribution in [0.2, 0.25) is 0 Å². The van der Waals surface area contributed by atoms with Crippen molar-refractivity contribution in [3.8, 4) is 0 Å². The molecule has 90 valence electrons. The van der Waals surface area contributed by atoms with Gasteiger partial charge in [0.15, 0.2) is 0 Å². The molecule has 16 heavy (non-hydrogen) atoms. The normalized spacial score (nSPS) is 16.8. The first-order chi connectivity index (χ1) is 7.68. The van der Waals surface area contributed by atoms with E-state index in [0.29, 0.717) is 0 Å². The van der Waals surface area contributed by atoms with Crippen molar-refractivity contribution < 1.29 is 4.74 Å². The number of hydrogen-bond donors (Lipinski definition) is 1. The van der Waals surface area contributed by atoms with E-state index in [0.717, 1.165) is 13.0 Å². The van der Waals surface area contributed by atoms with Crippen molar-refractivity contribution in [2.45, 2.75) is 38.8 Å². The maximum Gasteiger partial charge on any atom is 0.0846 e. The molecular formula is C13H22N2O. The summed E-state index contributed by atoms with van der Waals surface area (Å²) in [5.41, 5.74) is 0.981. The molecule has 2 atom stereocenters. The van der Waals surface area contributed by atoms with Crippen LogP contribution < -0.4 is 5.32 Å². The quantitative estimate of drug-likeness (QED) is 0.803. The predicted octanol–water partition coefficient (Wildman–Crippen LogP) is 2.55. The molecule has 0 saturated heterocycles. The summed E-state index contributed by atoms with van der Waals surface area (Å²) in [7, 11) is 1.96. The lowest BCUT2D eigenvalue weighted by atomic mass is 9.88. The molecule has 0 aliphatic carbocycles. The van der Waals surface area contributed by atoms with Crippen LogP contribution in [0.1, 0.15) is 38.8 Å². The Balaban J connectivity index is 2.96. The van der Waals surface area contributed by atoms with Crippen molar-refractivity contribution in [2.75, 3.05) is 13.7 Å². The fourth-order valence-electron chi connectivity index (χ4n) is 2.09. The second-order valence-electron chi connectivity index (χ2n) is 4.11. The molecule has 1 aromatic heterocycles. The summed E-state index contributed by atoms with van der Waals surface area (Å²) in [5.74, 6) is 0. The Morgan fingerprint density at radius 3 is 2.69 bits per heavy atom. The summed E-state index contributed by atoms with van der Waals surface area (Å²) in [6.07, 6.45) is 4.65. The van der Waals surface area contributed by atoms with E-state index >= 15 is 0 Å². The van der Waals surface area contributed by atoms with Crippen LogP contribution in [0.4, 0.5) is 0 Å². The Morgan fingerprint density at radius 1 is 1.50 bits per heavy atom. The summed E-state index contributed by atoms with van der Waals surface area (Å²) >= 11 is 0. The maximum absolute atomic E-state index is 5.90. The predicted molar refractivity (Wildman–Crippen MR) is 66.4 cm³/mol. The van der Waals surface area contributed by atoms with Crippen LogP contribution in [0.25, 0.3) is 0 Å². The van der Waals surface area contributed by atoms with Gasteiger partial charge in [-0.3, -0.25) is 4.98 Å². The number of ether oxygens (including phenoxy) is 1. The van der Waals surface area contributed by atoms with E-state index in [2.05, 4.69) is 30.2 Å². The van der Waals surface area contributed by atoms with Crippen molar-refractivity contribution >= 4 is 0 Å². The Bertz CT molecular complexity index is 302. The summed E-state index contributed by atoms with van der Waals surface area (Å²) in [6, 6.07) is 4.22. The zero-order valence-electron chi connectivity index (χ0n) is 10.7. The minimum absolute atomic E-state index is 0.172. The number of nitrogens with one attached hydrogen (secondary N) is 1. The van der Waals surface area contributed by atoms with Crippen LogP contribution >= 0.6 is 0 Å². The summed E-state index contributed by atoms with van der Waals surface area (Å²) in [5, 5.41) is 3.33. The molecule has 1 aromatic rings. The van der Waals surface area contributed by atoms with E-state index in [1.54, 1.807) is 6.20 Å². The fourth-order valence-corrected chi connectivity index (χ4v) is 2.09. The topological polar surface area (TPSA) is 34.1 Å². The molecule has 3 nitrogen and oxygen atoms in total. The molecule has 0 aromatic carbocycles. The molecule has 0 fully saturated rings. The second-order valence-corrected chi connectivity index (χ2v) is 4.11. The summed E-state index contributed by atoms with van der Waals surface area (Å²) < 4.78 is 5.90. The van der Waals surface area contributed by atoms with Crippen molar-refractivity contribution in [1.82, 2.24) is 10.3 Å². The van der Waals surface area contributed by atoms with Crippen LogP contribution in [-0.4, -0.2) is 24.2 Å². The van der Waals surface area contributed by atoms with E-state index in [1.165, 1.54) is 5.56 Å². The second kappa shape index (κ2) is 5.97. The highest BCUT2D eigenvalue weighted by Crippen LogP contribution is 2.31. The first-order valence-electron chi connectivity index (χ1n) is 5.89. The average molecular weight is 222 g/mol. The van der Waals surface area contributed by atoms with Gasteiger partial charge in [-0.2, -0.15) is 0 Å². The van der Waals surface area contributed by atoms with Gasteiger partial charge in [-0.15, -0.1) is 0 Å². The molecule has 1 heterocycles. The van der Waals surface area contributed by atoms with Crippen molar-refractivity contribution in [1.29, 1.82) is 0 Å². The van der Waals surface area contributed by atoms with E-state index in [1.807, 2.05) is 26.2 Å². The molecule has 0 aliphatic heterocycles. The van der Waals surface area contributed by atoms with Crippen molar-refractivity contribution in [3.63, 3.8) is 0 Å². The van der Waals surface area contributed by atoms with Crippen LogP contribution in [0.5, 0.6) is 0 Å². The Labute approximate surface area is 98.2 Å². The Kier molecular flexibility index (Phi) is 4.90. The minimum Gasteiger partial charge on any atom is -0.374 e. The third-order valence-corrected chi connectivity index (χ3v) is 3.09. The zero-order chi connectivity index (χ0) is 12.0. The Hall–Kier alpha value is -0.930. The lowest BCUT2D eigenvalue weighted by Gasteiger charge is -2.36. The van der Waals surface area contributed by atoms with Crippen molar-refractivity contribution in [2.24, 2.45) is 0 Å². The van der Waals surface area contributed by atoms with Gasteiger partial charge in [0.25, 0.3) is 0 Å². The van der Waals surface area contributed by atoms with Gasteiger partial charge in [0.1, 0.15) is 0 Å². The van der Waals surface area contributed by atoms with Gasteiger partial charge in [0, 0.05) is 19.0 Å². The molecule has 0 saturated carbocycles. The number of aromatic nitrogens is 1. The molecule has 2 unspecified atom stereocenters. The number of pyridine rings is 1. The lowest BCUT2D eigenvalue weighted by Crippen LogP contribution is -2.42. The van der Waals surface area contributed by atoms with Gasteiger partial charge in [-0.05, 0) is 38.9 Å². The van der Waals surface area contributed by atoms with Crippen molar-refractivity contribution in [3.05, 3.63) is 30.1 Å². The fraction of sp³-hybridized carbons (Fsp3) is 0.615. The van der Waals surface area contributed by atoms with Gasteiger partial charge in [0.2, 0.25) is 0 Å². The maximum atomic E-state index is 5.90. The lowest BCUT2D eigenvalue weighted by molar-refractivity contribution is -0.0547. The highest BCUT2D eigenvalue weighted by Gasteiger charge is 2.33. The largest absolute Gasteiger partial charge is 0.374 e. The first-order valence-corrected chi connectivity index (χ1v) is 5.89. The standard InChI is InChI=1S/C13H22N2O/c1-5-13(3,16-6-2)12(14-4)11-8-7-9-15-10-11/h7-10,12,14H,5-6H2,1-4H3. The molecule has 3 heteroatoms. The first kappa shape index (κ1) is 13.1. The van der Waals surface area contributed by atoms with E-state index in [4.69, 9.17) is 4.74 Å².